The van der Waals surface area contributed by atoms with Gasteiger partial charge < -0.3 is 15.0 Å². The summed E-state index contributed by atoms with van der Waals surface area (Å²) in [7, 11) is 1.74. The first-order chi connectivity index (χ1) is 11.9. The van der Waals surface area contributed by atoms with E-state index in [9.17, 15) is 9.59 Å². The Morgan fingerprint density at radius 1 is 1.32 bits per heavy atom. The molecule has 3 rings (SSSR count). The summed E-state index contributed by atoms with van der Waals surface area (Å²) in [5.41, 5.74) is 1.84. The van der Waals surface area contributed by atoms with E-state index in [1.54, 1.807) is 32.2 Å². The zero-order valence-corrected chi connectivity index (χ0v) is 15.3. The number of para-hydroxylation sites is 1. The molecule has 2 N–H and O–H groups in total. The van der Waals surface area contributed by atoms with E-state index in [4.69, 9.17) is 4.74 Å². The van der Waals surface area contributed by atoms with E-state index in [1.165, 1.54) is 11.3 Å². The summed E-state index contributed by atoms with van der Waals surface area (Å²) in [5, 5.41) is 3.56. The molecule has 6 nitrogen and oxygen atoms in total. The van der Waals surface area contributed by atoms with Gasteiger partial charge in [0.2, 0.25) is 0 Å². The second-order valence-electron chi connectivity index (χ2n) is 5.76. The lowest BCUT2D eigenvalue weighted by Crippen LogP contribution is -2.17. The molecule has 0 spiro atoms. The van der Waals surface area contributed by atoms with Crippen LogP contribution in [0, 0.1) is 13.8 Å². The molecule has 2 aromatic heterocycles. The number of aromatic nitrogens is 2. The third kappa shape index (κ3) is 3.15. The molecule has 1 aromatic carbocycles. The van der Waals surface area contributed by atoms with Crippen LogP contribution in [0.25, 0.3) is 10.2 Å². The number of H-pyrrole nitrogens is 1. The van der Waals surface area contributed by atoms with E-state index in [0.29, 0.717) is 27.3 Å². The molecule has 0 radical (unpaired) electrons. The van der Waals surface area contributed by atoms with Crippen LogP contribution in [0.2, 0.25) is 0 Å². The number of carbonyl (C=O) groups excluding carboxylic acids is 1. The fourth-order valence-electron chi connectivity index (χ4n) is 2.62. The fourth-order valence-corrected chi connectivity index (χ4v) is 3.66. The number of ether oxygens (including phenoxy) is 1. The second-order valence-corrected chi connectivity index (χ2v) is 6.96. The Bertz CT molecular complexity index is 1010. The summed E-state index contributed by atoms with van der Waals surface area (Å²) < 4.78 is 5.50. The molecule has 130 valence electrons. The van der Waals surface area contributed by atoms with Crippen LogP contribution in [0.1, 0.15) is 39.7 Å². The van der Waals surface area contributed by atoms with Gasteiger partial charge in [-0.2, -0.15) is 0 Å². The quantitative estimate of drug-likeness (QED) is 0.698. The van der Waals surface area contributed by atoms with E-state index >= 15 is 0 Å². The van der Waals surface area contributed by atoms with Crippen molar-refractivity contribution in [3.63, 3.8) is 0 Å². The van der Waals surface area contributed by atoms with Crippen LogP contribution in [0.3, 0.4) is 0 Å². The molecule has 0 aliphatic carbocycles. The number of nitrogens with zero attached hydrogens (tertiary/aromatic N) is 1. The Balaban J connectivity index is 1.91. The van der Waals surface area contributed by atoms with E-state index in [1.807, 2.05) is 19.9 Å². The molecule has 0 fully saturated rings. The first-order valence-corrected chi connectivity index (χ1v) is 8.71. The summed E-state index contributed by atoms with van der Waals surface area (Å²) in [6.45, 7) is 5.55. The third-order valence-electron chi connectivity index (χ3n) is 4.14. The molecule has 0 aliphatic rings. The molecular weight excluding hydrogens is 338 g/mol. The van der Waals surface area contributed by atoms with Crippen LogP contribution >= 0.6 is 11.3 Å². The molecular formula is C18H19N3O3S. The molecule has 0 saturated carbocycles. The molecule has 0 unspecified atom stereocenters. The highest BCUT2D eigenvalue weighted by Gasteiger charge is 2.20. The maximum absolute atomic E-state index is 12.4. The number of rotatable bonds is 4. The number of benzene rings is 1. The highest BCUT2D eigenvalue weighted by molar-refractivity contribution is 7.18. The van der Waals surface area contributed by atoms with Crippen molar-refractivity contribution in [2.24, 2.45) is 0 Å². The van der Waals surface area contributed by atoms with E-state index in [-0.39, 0.29) is 5.56 Å². The van der Waals surface area contributed by atoms with Crippen LogP contribution in [0.4, 0.5) is 5.69 Å². The van der Waals surface area contributed by atoms with Crippen molar-refractivity contribution in [1.82, 2.24) is 9.97 Å². The summed E-state index contributed by atoms with van der Waals surface area (Å²) in [5.74, 6) is -0.132. The van der Waals surface area contributed by atoms with Gasteiger partial charge in [0.25, 0.3) is 5.56 Å². The van der Waals surface area contributed by atoms with E-state index in [2.05, 4.69) is 15.3 Å². The van der Waals surface area contributed by atoms with Crippen LogP contribution in [-0.2, 0) is 4.74 Å². The predicted octanol–water partition coefficient (Wildman–Crippen LogP) is 3.56. The van der Waals surface area contributed by atoms with Crippen molar-refractivity contribution in [3.05, 3.63) is 56.4 Å². The Hall–Kier alpha value is -2.67. The Kier molecular flexibility index (Phi) is 4.59. The van der Waals surface area contributed by atoms with Gasteiger partial charge in [0, 0.05) is 17.6 Å². The van der Waals surface area contributed by atoms with Crippen molar-refractivity contribution >= 4 is 33.2 Å². The number of nitrogens with one attached hydrogen (secondary N) is 2. The third-order valence-corrected chi connectivity index (χ3v) is 5.24. The van der Waals surface area contributed by atoms with Crippen molar-refractivity contribution in [2.45, 2.75) is 26.9 Å². The van der Waals surface area contributed by atoms with Crippen LogP contribution in [0.15, 0.2) is 29.1 Å². The lowest BCUT2D eigenvalue weighted by atomic mass is 10.2. The summed E-state index contributed by atoms with van der Waals surface area (Å²) >= 11 is 1.46. The number of fused-ring (bicyclic) bond motifs is 1. The van der Waals surface area contributed by atoms with Gasteiger partial charge in [0.05, 0.1) is 10.9 Å². The SMILES string of the molecule is CNc1ccccc1C(=O)O[C@H](C)c1nc2sc(C)c(C)c2c(=O)[nH]1. The minimum Gasteiger partial charge on any atom is -0.451 e. The summed E-state index contributed by atoms with van der Waals surface area (Å²) in [4.78, 5) is 33.7. The first kappa shape index (κ1) is 17.2. The summed E-state index contributed by atoms with van der Waals surface area (Å²) in [6.07, 6.45) is -0.669. The first-order valence-electron chi connectivity index (χ1n) is 7.90. The topological polar surface area (TPSA) is 84.1 Å². The number of hydrogen-bond acceptors (Lipinski definition) is 6. The lowest BCUT2D eigenvalue weighted by molar-refractivity contribution is 0.0321. The minimum absolute atomic E-state index is 0.208. The highest BCUT2D eigenvalue weighted by atomic mass is 32.1. The number of hydrogen-bond donors (Lipinski definition) is 2. The summed E-state index contributed by atoms with van der Waals surface area (Å²) in [6, 6.07) is 7.09. The standard InChI is InChI=1S/C18H19N3O3S/c1-9-11(3)25-17-14(9)16(22)20-15(21-17)10(2)24-18(23)12-7-5-6-8-13(12)19-4/h5-8,10,19H,1-4H3,(H,20,21,22)/t10-/m1/s1. The van der Waals surface area contributed by atoms with E-state index < -0.39 is 12.1 Å². The van der Waals surface area contributed by atoms with Crippen LogP contribution < -0.4 is 10.9 Å². The van der Waals surface area contributed by atoms with Gasteiger partial charge in [-0.05, 0) is 38.5 Å². The van der Waals surface area contributed by atoms with Gasteiger partial charge in [-0.3, -0.25) is 4.79 Å². The van der Waals surface area contributed by atoms with Crippen molar-refractivity contribution in [3.8, 4) is 0 Å². The van der Waals surface area contributed by atoms with Gasteiger partial charge in [-0.15, -0.1) is 11.3 Å². The minimum atomic E-state index is -0.669. The van der Waals surface area contributed by atoms with Gasteiger partial charge in [-0.1, -0.05) is 12.1 Å². The fraction of sp³-hybridized carbons (Fsp3) is 0.278. The number of aromatic amines is 1. The molecule has 0 aliphatic heterocycles. The molecule has 0 amide bonds. The maximum atomic E-state index is 12.4. The van der Waals surface area contributed by atoms with Crippen LogP contribution in [-0.4, -0.2) is 23.0 Å². The molecule has 1 atom stereocenters. The molecule has 3 aromatic rings. The molecule has 2 heterocycles. The number of carbonyl (C=O) groups is 1. The van der Waals surface area contributed by atoms with Crippen molar-refractivity contribution in [1.29, 1.82) is 0 Å². The Morgan fingerprint density at radius 2 is 2.04 bits per heavy atom. The van der Waals surface area contributed by atoms with Gasteiger partial charge in [0.1, 0.15) is 4.83 Å². The van der Waals surface area contributed by atoms with Gasteiger partial charge in [-0.25, -0.2) is 9.78 Å². The zero-order valence-electron chi connectivity index (χ0n) is 14.5. The zero-order chi connectivity index (χ0) is 18.1. The van der Waals surface area contributed by atoms with Crippen LogP contribution in [0.5, 0.6) is 0 Å². The molecule has 7 heteroatoms. The van der Waals surface area contributed by atoms with Gasteiger partial charge in [0.15, 0.2) is 11.9 Å². The number of aryl methyl sites for hydroxylation is 2. The van der Waals surface area contributed by atoms with Gasteiger partial charge >= 0.3 is 5.97 Å². The molecule has 0 saturated heterocycles. The molecule has 25 heavy (non-hydrogen) atoms. The number of anilines is 1. The normalized spacial score (nSPS) is 12.2. The second kappa shape index (κ2) is 6.68. The van der Waals surface area contributed by atoms with E-state index in [0.717, 1.165) is 10.4 Å². The van der Waals surface area contributed by atoms with Crippen molar-refractivity contribution < 1.29 is 9.53 Å². The maximum Gasteiger partial charge on any atom is 0.340 e. The predicted molar refractivity (Wildman–Crippen MR) is 99.5 cm³/mol. The monoisotopic (exact) mass is 357 g/mol. The average Bonchev–Trinajstić information content (AvgIpc) is 2.89. The largest absolute Gasteiger partial charge is 0.451 e. The smallest absolute Gasteiger partial charge is 0.340 e. The highest BCUT2D eigenvalue weighted by Crippen LogP contribution is 2.27. The number of thiophene rings is 1. The number of esters is 1. The lowest BCUT2D eigenvalue weighted by Gasteiger charge is -2.14. The average molecular weight is 357 g/mol. The van der Waals surface area contributed by atoms with Crippen molar-refractivity contribution in [2.75, 3.05) is 12.4 Å². The molecule has 0 bridgehead atoms. The Morgan fingerprint density at radius 3 is 2.76 bits per heavy atom. The Labute approximate surface area is 148 Å².